The molecular weight excluding hydrogens is 236 g/mol. The Morgan fingerprint density at radius 3 is 2.59 bits per heavy atom. The van der Waals surface area contributed by atoms with E-state index in [1.54, 1.807) is 0 Å². The normalized spacial score (nSPS) is 42.8. The van der Waals surface area contributed by atoms with Crippen LogP contribution in [-0.2, 0) is 9.84 Å². The summed E-state index contributed by atoms with van der Waals surface area (Å²) < 4.78 is 23.4. The van der Waals surface area contributed by atoms with Gasteiger partial charge in [-0.3, -0.25) is 4.90 Å². The third kappa shape index (κ3) is 2.66. The van der Waals surface area contributed by atoms with Crippen molar-refractivity contribution in [3.05, 3.63) is 0 Å². The third-order valence-electron chi connectivity index (χ3n) is 4.46. The maximum absolute atomic E-state index is 11.7. The Hall–Kier alpha value is -0.130. The number of nitrogens with one attached hydrogen (secondary N) is 1. The summed E-state index contributed by atoms with van der Waals surface area (Å²) in [7, 11) is -0.794. The van der Waals surface area contributed by atoms with E-state index in [0.29, 0.717) is 23.6 Å². The summed E-state index contributed by atoms with van der Waals surface area (Å²) >= 11 is 0. The summed E-state index contributed by atoms with van der Waals surface area (Å²) in [5.74, 6) is 0.705. The standard InChI is InChI=1S/C12H24N2O2S/c1-10-8-11(13-3)4-6-14(10)12(2)5-7-17(15,16)9-12/h10-11,13H,4-9H2,1-3H3. The van der Waals surface area contributed by atoms with E-state index < -0.39 is 9.84 Å². The minimum absolute atomic E-state index is 0.128. The molecule has 0 aliphatic carbocycles. The van der Waals surface area contributed by atoms with Crippen LogP contribution < -0.4 is 5.32 Å². The molecule has 5 heteroatoms. The average Bonchev–Trinajstić information content (AvgIpc) is 2.53. The molecule has 0 amide bonds. The first kappa shape index (κ1) is 13.3. The predicted octanol–water partition coefficient (Wildman–Crippen LogP) is 0.636. The Morgan fingerprint density at radius 2 is 2.12 bits per heavy atom. The summed E-state index contributed by atoms with van der Waals surface area (Å²) in [5.41, 5.74) is -0.128. The van der Waals surface area contributed by atoms with Crippen LogP contribution in [0, 0.1) is 0 Å². The van der Waals surface area contributed by atoms with Gasteiger partial charge in [0.25, 0.3) is 0 Å². The fraction of sp³-hybridized carbons (Fsp3) is 1.00. The maximum atomic E-state index is 11.7. The van der Waals surface area contributed by atoms with Crippen LogP contribution in [0.2, 0.25) is 0 Å². The Kier molecular flexibility index (Phi) is 3.54. The molecule has 2 aliphatic rings. The van der Waals surface area contributed by atoms with Crippen molar-refractivity contribution >= 4 is 9.84 Å². The lowest BCUT2D eigenvalue weighted by atomic mass is 9.90. The molecule has 0 saturated carbocycles. The van der Waals surface area contributed by atoms with Gasteiger partial charge in [-0.25, -0.2) is 8.42 Å². The van der Waals surface area contributed by atoms with E-state index in [0.717, 1.165) is 25.8 Å². The smallest absolute Gasteiger partial charge is 0.152 e. The zero-order valence-corrected chi connectivity index (χ0v) is 11.9. The summed E-state index contributed by atoms with van der Waals surface area (Å²) in [4.78, 5) is 2.42. The Morgan fingerprint density at radius 1 is 1.41 bits per heavy atom. The highest BCUT2D eigenvalue weighted by Crippen LogP contribution is 2.34. The van der Waals surface area contributed by atoms with Crippen molar-refractivity contribution in [2.24, 2.45) is 0 Å². The first-order valence-corrected chi connectivity index (χ1v) is 8.33. The van der Waals surface area contributed by atoms with Gasteiger partial charge in [0.05, 0.1) is 11.5 Å². The second-order valence-corrected chi connectivity index (χ2v) is 8.08. The van der Waals surface area contributed by atoms with E-state index in [1.165, 1.54) is 0 Å². The zero-order valence-electron chi connectivity index (χ0n) is 11.1. The topological polar surface area (TPSA) is 49.4 Å². The lowest BCUT2D eigenvalue weighted by Gasteiger charge is -2.46. The number of likely N-dealkylation sites (tertiary alicyclic amines) is 1. The fourth-order valence-electron chi connectivity index (χ4n) is 3.46. The summed E-state index contributed by atoms with van der Waals surface area (Å²) in [6, 6.07) is 1.06. The highest BCUT2D eigenvalue weighted by molar-refractivity contribution is 7.91. The molecule has 3 unspecified atom stereocenters. The van der Waals surface area contributed by atoms with Gasteiger partial charge < -0.3 is 5.32 Å². The van der Waals surface area contributed by atoms with Crippen molar-refractivity contribution in [3.8, 4) is 0 Å². The van der Waals surface area contributed by atoms with Crippen LogP contribution in [0.25, 0.3) is 0 Å². The first-order valence-electron chi connectivity index (χ1n) is 6.51. The second-order valence-electron chi connectivity index (χ2n) is 5.89. The Labute approximate surface area is 105 Å². The zero-order chi connectivity index (χ0) is 12.7. The molecule has 0 aromatic carbocycles. The quantitative estimate of drug-likeness (QED) is 0.791. The molecule has 4 nitrogen and oxygen atoms in total. The maximum Gasteiger partial charge on any atom is 0.152 e. The van der Waals surface area contributed by atoms with Crippen LogP contribution in [0.1, 0.15) is 33.1 Å². The van der Waals surface area contributed by atoms with Crippen LogP contribution in [0.5, 0.6) is 0 Å². The van der Waals surface area contributed by atoms with E-state index in [1.807, 2.05) is 7.05 Å². The fourth-order valence-corrected chi connectivity index (χ4v) is 5.61. The Balaban J connectivity index is 2.08. The minimum atomic E-state index is -2.80. The second kappa shape index (κ2) is 4.52. The van der Waals surface area contributed by atoms with Gasteiger partial charge in [-0.1, -0.05) is 0 Å². The highest BCUT2D eigenvalue weighted by atomic mass is 32.2. The van der Waals surface area contributed by atoms with Crippen LogP contribution in [0.3, 0.4) is 0 Å². The molecule has 2 fully saturated rings. The molecule has 0 aromatic rings. The van der Waals surface area contributed by atoms with E-state index in [2.05, 4.69) is 24.1 Å². The molecule has 1 N–H and O–H groups in total. The molecule has 17 heavy (non-hydrogen) atoms. The molecule has 2 rings (SSSR count). The van der Waals surface area contributed by atoms with Crippen molar-refractivity contribution < 1.29 is 8.42 Å². The van der Waals surface area contributed by atoms with Crippen LogP contribution in [0.4, 0.5) is 0 Å². The van der Waals surface area contributed by atoms with Gasteiger partial charge in [-0.05, 0) is 40.2 Å². The summed E-state index contributed by atoms with van der Waals surface area (Å²) in [5, 5.41) is 3.33. The molecule has 0 bridgehead atoms. The molecule has 0 aromatic heterocycles. The summed E-state index contributed by atoms with van der Waals surface area (Å²) in [6.45, 7) is 5.35. The van der Waals surface area contributed by atoms with Crippen molar-refractivity contribution in [3.63, 3.8) is 0 Å². The molecule has 2 heterocycles. The van der Waals surface area contributed by atoms with Gasteiger partial charge >= 0.3 is 0 Å². The number of hydrogen-bond donors (Lipinski definition) is 1. The predicted molar refractivity (Wildman–Crippen MR) is 69.9 cm³/mol. The Bertz CT molecular complexity index is 382. The van der Waals surface area contributed by atoms with Crippen LogP contribution in [-0.4, -0.2) is 56.0 Å². The monoisotopic (exact) mass is 260 g/mol. The molecule has 2 saturated heterocycles. The average molecular weight is 260 g/mol. The number of nitrogens with zero attached hydrogens (tertiary/aromatic N) is 1. The van der Waals surface area contributed by atoms with Crippen molar-refractivity contribution in [1.82, 2.24) is 10.2 Å². The van der Waals surface area contributed by atoms with E-state index in [9.17, 15) is 8.42 Å². The number of sulfone groups is 1. The van der Waals surface area contributed by atoms with E-state index in [4.69, 9.17) is 0 Å². The SMILES string of the molecule is CNC1CCN(C2(C)CCS(=O)(=O)C2)C(C)C1. The molecule has 2 aliphatic heterocycles. The summed E-state index contributed by atoms with van der Waals surface area (Å²) in [6.07, 6.45) is 3.03. The minimum Gasteiger partial charge on any atom is -0.317 e. The van der Waals surface area contributed by atoms with Gasteiger partial charge in [0.15, 0.2) is 9.84 Å². The molecule has 0 spiro atoms. The van der Waals surface area contributed by atoms with Crippen LogP contribution >= 0.6 is 0 Å². The van der Waals surface area contributed by atoms with Gasteiger partial charge in [0.2, 0.25) is 0 Å². The van der Waals surface area contributed by atoms with Crippen molar-refractivity contribution in [1.29, 1.82) is 0 Å². The van der Waals surface area contributed by atoms with Gasteiger partial charge in [0, 0.05) is 24.2 Å². The molecular formula is C12H24N2O2S. The lowest BCUT2D eigenvalue weighted by molar-refractivity contribution is 0.0421. The van der Waals surface area contributed by atoms with Crippen molar-refractivity contribution in [2.45, 2.75) is 50.7 Å². The van der Waals surface area contributed by atoms with E-state index in [-0.39, 0.29) is 5.54 Å². The van der Waals surface area contributed by atoms with Gasteiger partial charge in [0.1, 0.15) is 0 Å². The van der Waals surface area contributed by atoms with Gasteiger partial charge in [-0.2, -0.15) is 0 Å². The number of piperidine rings is 1. The molecule has 0 radical (unpaired) electrons. The molecule has 100 valence electrons. The number of rotatable bonds is 2. The number of hydrogen-bond acceptors (Lipinski definition) is 4. The van der Waals surface area contributed by atoms with E-state index >= 15 is 0 Å². The highest BCUT2D eigenvalue weighted by Gasteiger charge is 2.45. The largest absolute Gasteiger partial charge is 0.317 e. The van der Waals surface area contributed by atoms with Crippen molar-refractivity contribution in [2.75, 3.05) is 25.1 Å². The molecule has 3 atom stereocenters. The first-order chi connectivity index (χ1) is 7.86. The van der Waals surface area contributed by atoms with Crippen LogP contribution in [0.15, 0.2) is 0 Å². The third-order valence-corrected chi connectivity index (χ3v) is 6.35. The van der Waals surface area contributed by atoms with Gasteiger partial charge in [-0.15, -0.1) is 0 Å². The lowest BCUT2D eigenvalue weighted by Crippen LogP contribution is -2.57.